The zero-order chi connectivity index (χ0) is 19.8. The maximum atomic E-state index is 12.4. The predicted molar refractivity (Wildman–Crippen MR) is 111 cm³/mol. The Balaban J connectivity index is 1.53. The number of aryl methyl sites for hydroxylation is 1. The van der Waals surface area contributed by atoms with Gasteiger partial charge in [0.1, 0.15) is 5.69 Å². The number of aromatic nitrogens is 1. The van der Waals surface area contributed by atoms with Gasteiger partial charge in [-0.2, -0.15) is 0 Å². The van der Waals surface area contributed by atoms with Gasteiger partial charge in [0.2, 0.25) is 0 Å². The van der Waals surface area contributed by atoms with Crippen LogP contribution in [0.15, 0.2) is 72.9 Å². The summed E-state index contributed by atoms with van der Waals surface area (Å²) in [6, 6.07) is 20.0. The molecule has 0 unspecified atom stereocenters. The van der Waals surface area contributed by atoms with Gasteiger partial charge >= 0.3 is 0 Å². The Kier molecular flexibility index (Phi) is 6.76. The summed E-state index contributed by atoms with van der Waals surface area (Å²) >= 11 is 5.84. The molecule has 6 heteroatoms. The Bertz CT molecular complexity index is 944. The summed E-state index contributed by atoms with van der Waals surface area (Å²) in [4.78, 5) is 28.7. The number of anilines is 1. The van der Waals surface area contributed by atoms with Crippen molar-refractivity contribution in [3.8, 4) is 0 Å². The minimum atomic E-state index is -0.388. The molecule has 2 N–H and O–H groups in total. The van der Waals surface area contributed by atoms with Crippen LogP contribution in [0.5, 0.6) is 0 Å². The van der Waals surface area contributed by atoms with Crippen molar-refractivity contribution in [2.24, 2.45) is 0 Å². The molecular formula is C22H20ClN3O2. The Morgan fingerprint density at radius 2 is 1.68 bits per heavy atom. The van der Waals surface area contributed by atoms with Crippen molar-refractivity contribution in [3.05, 3.63) is 94.8 Å². The number of benzene rings is 2. The quantitative estimate of drug-likeness (QED) is 0.586. The summed E-state index contributed by atoms with van der Waals surface area (Å²) in [5.41, 5.74) is 2.41. The molecule has 3 aromatic rings. The van der Waals surface area contributed by atoms with Crippen LogP contribution in [0.4, 0.5) is 5.69 Å². The van der Waals surface area contributed by atoms with Crippen molar-refractivity contribution < 1.29 is 9.59 Å². The highest BCUT2D eigenvalue weighted by molar-refractivity contribution is 6.30. The molecule has 0 saturated heterocycles. The lowest BCUT2D eigenvalue weighted by molar-refractivity contribution is 0.0953. The fourth-order valence-electron chi connectivity index (χ4n) is 2.67. The Morgan fingerprint density at radius 1 is 0.929 bits per heavy atom. The second-order valence-electron chi connectivity index (χ2n) is 6.24. The third kappa shape index (κ3) is 5.66. The van der Waals surface area contributed by atoms with Crippen molar-refractivity contribution in [2.75, 3.05) is 11.9 Å². The van der Waals surface area contributed by atoms with E-state index in [1.807, 2.05) is 18.2 Å². The van der Waals surface area contributed by atoms with Crippen LogP contribution in [-0.2, 0) is 6.42 Å². The SMILES string of the molecule is O=C(NCCCc1ccccc1)c1ccnc(C(=O)Nc2ccc(Cl)cc2)c1. The lowest BCUT2D eigenvalue weighted by Gasteiger charge is -2.08. The zero-order valence-corrected chi connectivity index (χ0v) is 15.9. The third-order valence-electron chi connectivity index (χ3n) is 4.13. The summed E-state index contributed by atoms with van der Waals surface area (Å²) in [6.45, 7) is 0.558. The lowest BCUT2D eigenvalue weighted by atomic mass is 10.1. The van der Waals surface area contributed by atoms with Gasteiger partial charge in [0, 0.05) is 29.0 Å². The van der Waals surface area contributed by atoms with Gasteiger partial charge in [-0.15, -0.1) is 0 Å². The highest BCUT2D eigenvalue weighted by Crippen LogP contribution is 2.14. The predicted octanol–water partition coefficient (Wildman–Crippen LogP) is 4.35. The van der Waals surface area contributed by atoms with Crippen molar-refractivity contribution >= 4 is 29.1 Å². The highest BCUT2D eigenvalue weighted by Gasteiger charge is 2.12. The Labute approximate surface area is 168 Å². The van der Waals surface area contributed by atoms with E-state index in [-0.39, 0.29) is 17.5 Å². The number of nitrogens with zero attached hydrogens (tertiary/aromatic N) is 1. The maximum Gasteiger partial charge on any atom is 0.274 e. The molecule has 142 valence electrons. The highest BCUT2D eigenvalue weighted by atomic mass is 35.5. The molecule has 0 aliphatic heterocycles. The van der Waals surface area contributed by atoms with Crippen LogP contribution >= 0.6 is 11.6 Å². The van der Waals surface area contributed by atoms with Gasteiger partial charge in [-0.3, -0.25) is 14.6 Å². The van der Waals surface area contributed by atoms with E-state index in [0.29, 0.717) is 22.8 Å². The third-order valence-corrected chi connectivity index (χ3v) is 4.38. The minimum absolute atomic E-state index is 0.173. The first-order valence-electron chi connectivity index (χ1n) is 8.97. The van der Waals surface area contributed by atoms with Gasteiger partial charge in [-0.1, -0.05) is 41.9 Å². The van der Waals surface area contributed by atoms with E-state index in [1.165, 1.54) is 17.8 Å². The number of rotatable bonds is 7. The molecule has 1 heterocycles. The molecule has 0 fully saturated rings. The number of halogens is 1. The fourth-order valence-corrected chi connectivity index (χ4v) is 2.79. The van der Waals surface area contributed by atoms with Gasteiger partial charge in [0.15, 0.2) is 0 Å². The number of hydrogen-bond donors (Lipinski definition) is 2. The number of pyridine rings is 1. The molecule has 28 heavy (non-hydrogen) atoms. The van der Waals surface area contributed by atoms with Crippen LogP contribution in [0.1, 0.15) is 32.8 Å². The van der Waals surface area contributed by atoms with Gasteiger partial charge < -0.3 is 10.6 Å². The van der Waals surface area contributed by atoms with Crippen molar-refractivity contribution in [2.45, 2.75) is 12.8 Å². The number of amides is 2. The van der Waals surface area contributed by atoms with E-state index in [0.717, 1.165) is 12.8 Å². The first-order chi connectivity index (χ1) is 13.6. The molecule has 0 spiro atoms. The van der Waals surface area contributed by atoms with Crippen LogP contribution in [0.2, 0.25) is 5.02 Å². The second-order valence-corrected chi connectivity index (χ2v) is 6.67. The second kappa shape index (κ2) is 9.67. The summed E-state index contributed by atoms with van der Waals surface area (Å²) in [5, 5.41) is 6.19. The molecule has 0 saturated carbocycles. The molecule has 0 radical (unpaired) electrons. The molecule has 2 aromatic carbocycles. The van der Waals surface area contributed by atoms with Gasteiger partial charge in [0.25, 0.3) is 11.8 Å². The average molecular weight is 394 g/mol. The Morgan fingerprint density at radius 3 is 2.43 bits per heavy atom. The molecule has 0 aliphatic rings. The van der Waals surface area contributed by atoms with E-state index >= 15 is 0 Å². The number of carbonyl (C=O) groups is 2. The fraction of sp³-hybridized carbons (Fsp3) is 0.136. The molecular weight excluding hydrogens is 374 g/mol. The monoisotopic (exact) mass is 393 g/mol. The molecule has 1 aromatic heterocycles. The molecule has 2 amide bonds. The van der Waals surface area contributed by atoms with Crippen molar-refractivity contribution in [1.29, 1.82) is 0 Å². The molecule has 0 aliphatic carbocycles. The average Bonchev–Trinajstić information content (AvgIpc) is 2.73. The first kappa shape index (κ1) is 19.6. The number of hydrogen-bond acceptors (Lipinski definition) is 3. The van der Waals surface area contributed by atoms with Crippen LogP contribution in [0.25, 0.3) is 0 Å². The molecule has 0 atom stereocenters. The first-order valence-corrected chi connectivity index (χ1v) is 9.35. The smallest absolute Gasteiger partial charge is 0.274 e. The van der Waals surface area contributed by atoms with Gasteiger partial charge in [-0.25, -0.2) is 0 Å². The Hall–Kier alpha value is -3.18. The maximum absolute atomic E-state index is 12.4. The van der Waals surface area contributed by atoms with Crippen LogP contribution < -0.4 is 10.6 Å². The topological polar surface area (TPSA) is 71.1 Å². The zero-order valence-electron chi connectivity index (χ0n) is 15.2. The van der Waals surface area contributed by atoms with Crippen LogP contribution in [0.3, 0.4) is 0 Å². The van der Waals surface area contributed by atoms with E-state index < -0.39 is 0 Å². The van der Waals surface area contributed by atoms with Gasteiger partial charge in [-0.05, 0) is 54.8 Å². The van der Waals surface area contributed by atoms with Crippen LogP contribution in [0, 0.1) is 0 Å². The summed E-state index contributed by atoms with van der Waals surface area (Å²) < 4.78 is 0. The molecule has 0 bridgehead atoms. The van der Waals surface area contributed by atoms with E-state index in [2.05, 4.69) is 27.8 Å². The molecule has 3 rings (SSSR count). The standard InChI is InChI=1S/C22H20ClN3O2/c23-18-8-10-19(11-9-18)26-22(28)20-15-17(12-14-24-20)21(27)25-13-4-7-16-5-2-1-3-6-16/h1-3,5-6,8-12,14-15H,4,7,13H2,(H,25,27)(H,26,28). The van der Waals surface area contributed by atoms with Crippen LogP contribution in [-0.4, -0.2) is 23.3 Å². The van der Waals surface area contributed by atoms with Crippen molar-refractivity contribution in [1.82, 2.24) is 10.3 Å². The lowest BCUT2D eigenvalue weighted by Crippen LogP contribution is -2.25. The summed E-state index contributed by atoms with van der Waals surface area (Å²) in [6.07, 6.45) is 3.19. The summed E-state index contributed by atoms with van der Waals surface area (Å²) in [5.74, 6) is -0.614. The van der Waals surface area contributed by atoms with Gasteiger partial charge in [0.05, 0.1) is 0 Å². The molecule has 5 nitrogen and oxygen atoms in total. The summed E-state index contributed by atoms with van der Waals surface area (Å²) in [7, 11) is 0. The van der Waals surface area contributed by atoms with E-state index in [1.54, 1.807) is 30.3 Å². The van der Waals surface area contributed by atoms with E-state index in [9.17, 15) is 9.59 Å². The van der Waals surface area contributed by atoms with E-state index in [4.69, 9.17) is 11.6 Å². The largest absolute Gasteiger partial charge is 0.352 e. The number of nitrogens with one attached hydrogen (secondary N) is 2. The number of carbonyl (C=O) groups excluding carboxylic acids is 2. The van der Waals surface area contributed by atoms with Crippen molar-refractivity contribution in [3.63, 3.8) is 0 Å². The minimum Gasteiger partial charge on any atom is -0.352 e. The normalized spacial score (nSPS) is 10.3.